The number of likely N-dealkylation sites (N-methyl/N-ethyl adjacent to an activating group) is 2. The molecule has 0 saturated carbocycles. The highest BCUT2D eigenvalue weighted by molar-refractivity contribution is 14.0. The molecule has 0 radical (unpaired) electrons. The molecule has 2 N–H and O–H groups in total. The number of ether oxygens (including phenoxy) is 1. The van der Waals surface area contributed by atoms with E-state index in [9.17, 15) is 8.78 Å². The van der Waals surface area contributed by atoms with Gasteiger partial charge in [0.15, 0.2) is 5.96 Å². The quantitative estimate of drug-likeness (QED) is 0.322. The first kappa shape index (κ1) is 25.1. The van der Waals surface area contributed by atoms with E-state index in [1.165, 1.54) is 12.1 Å². The van der Waals surface area contributed by atoms with E-state index in [4.69, 9.17) is 11.6 Å². The molecule has 1 aromatic carbocycles. The van der Waals surface area contributed by atoms with E-state index in [2.05, 4.69) is 44.3 Å². The number of benzene rings is 1. The zero-order valence-electron chi connectivity index (χ0n) is 16.4. The number of halogens is 4. The number of hydrogen-bond acceptors (Lipinski definition) is 4. The van der Waals surface area contributed by atoms with Gasteiger partial charge >= 0.3 is 6.61 Å². The molecule has 28 heavy (non-hydrogen) atoms. The van der Waals surface area contributed by atoms with Crippen molar-refractivity contribution in [2.75, 3.05) is 46.8 Å². The first-order valence-corrected chi connectivity index (χ1v) is 9.41. The molecule has 1 aromatic rings. The Kier molecular flexibility index (Phi) is 11.3. The zero-order valence-corrected chi connectivity index (χ0v) is 19.5. The van der Waals surface area contributed by atoms with Gasteiger partial charge in [-0.15, -0.1) is 24.0 Å². The fourth-order valence-electron chi connectivity index (χ4n) is 2.92. The van der Waals surface area contributed by atoms with Crippen LogP contribution in [0.5, 0.6) is 5.75 Å². The first-order chi connectivity index (χ1) is 12.9. The topological polar surface area (TPSA) is 52.1 Å². The van der Waals surface area contributed by atoms with E-state index in [0.29, 0.717) is 29.1 Å². The van der Waals surface area contributed by atoms with E-state index in [1.54, 1.807) is 6.07 Å². The van der Waals surface area contributed by atoms with Gasteiger partial charge in [-0.2, -0.15) is 8.78 Å². The predicted octanol–water partition coefficient (Wildman–Crippen LogP) is 2.86. The summed E-state index contributed by atoms with van der Waals surface area (Å²) in [6.45, 7) is 3.75. The van der Waals surface area contributed by atoms with E-state index in [-0.39, 0.29) is 36.3 Å². The Bertz CT molecular complexity index is 638. The molecule has 1 atom stereocenters. The van der Waals surface area contributed by atoms with Gasteiger partial charge in [0.25, 0.3) is 0 Å². The fraction of sp³-hybridized carbons (Fsp3) is 0.611. The van der Waals surface area contributed by atoms with Crippen LogP contribution in [0.25, 0.3) is 0 Å². The molecule has 10 heteroatoms. The van der Waals surface area contributed by atoms with Gasteiger partial charge < -0.3 is 20.3 Å². The molecule has 0 aliphatic carbocycles. The van der Waals surface area contributed by atoms with Gasteiger partial charge in [0.1, 0.15) is 5.75 Å². The maximum Gasteiger partial charge on any atom is 0.387 e. The van der Waals surface area contributed by atoms with E-state index in [1.807, 2.05) is 6.92 Å². The summed E-state index contributed by atoms with van der Waals surface area (Å²) in [4.78, 5) is 9.12. The van der Waals surface area contributed by atoms with Crippen LogP contribution in [0, 0.1) is 0 Å². The second-order valence-corrected chi connectivity index (χ2v) is 7.04. The Morgan fingerprint density at radius 3 is 2.75 bits per heavy atom. The molecule has 0 amide bonds. The lowest BCUT2D eigenvalue weighted by molar-refractivity contribution is -0.0504. The minimum Gasteiger partial charge on any atom is -0.434 e. The Balaban J connectivity index is 0.00000392. The van der Waals surface area contributed by atoms with E-state index < -0.39 is 6.61 Å². The maximum absolute atomic E-state index is 12.6. The highest BCUT2D eigenvalue weighted by Gasteiger charge is 2.22. The molecule has 1 saturated heterocycles. The van der Waals surface area contributed by atoms with Crippen molar-refractivity contribution in [2.24, 2.45) is 4.99 Å². The third kappa shape index (κ3) is 8.22. The molecule has 1 aliphatic rings. The summed E-state index contributed by atoms with van der Waals surface area (Å²) in [7, 11) is 4.23. The molecule has 1 aliphatic heterocycles. The number of aliphatic imine (C=N–C) groups is 1. The molecule has 0 spiro atoms. The smallest absolute Gasteiger partial charge is 0.387 e. The van der Waals surface area contributed by atoms with E-state index in [0.717, 1.165) is 26.2 Å². The third-order valence-electron chi connectivity index (χ3n) is 4.48. The summed E-state index contributed by atoms with van der Waals surface area (Å²) in [5.74, 6) is 0.713. The Morgan fingerprint density at radius 1 is 1.32 bits per heavy atom. The molecule has 6 nitrogen and oxygen atoms in total. The van der Waals surface area contributed by atoms with Crippen LogP contribution in [0.3, 0.4) is 0 Å². The lowest BCUT2D eigenvalue weighted by Gasteiger charge is -2.37. The van der Waals surface area contributed by atoms with Crippen molar-refractivity contribution in [1.82, 2.24) is 20.4 Å². The summed E-state index contributed by atoms with van der Waals surface area (Å²) in [5.41, 5.74) is 0.509. The van der Waals surface area contributed by atoms with Crippen LogP contribution in [-0.2, 0) is 6.54 Å². The molecule has 0 bridgehead atoms. The molecule has 2 rings (SSSR count). The number of hydrogen-bond donors (Lipinski definition) is 2. The number of nitrogens with zero attached hydrogens (tertiary/aromatic N) is 3. The molecular weight excluding hydrogens is 503 g/mol. The monoisotopic (exact) mass is 531 g/mol. The van der Waals surface area contributed by atoms with Crippen LogP contribution in [0.1, 0.15) is 12.5 Å². The summed E-state index contributed by atoms with van der Waals surface area (Å²) in [5, 5.41) is 6.96. The zero-order chi connectivity index (χ0) is 19.8. The summed E-state index contributed by atoms with van der Waals surface area (Å²) in [6.07, 6.45) is 0. The first-order valence-electron chi connectivity index (χ1n) is 9.03. The maximum atomic E-state index is 12.6. The van der Waals surface area contributed by atoms with Crippen LogP contribution in [0.15, 0.2) is 23.2 Å². The van der Waals surface area contributed by atoms with Crippen LogP contribution in [0.4, 0.5) is 8.78 Å². The molecule has 160 valence electrons. The minimum absolute atomic E-state index is 0. The Labute approximate surface area is 187 Å². The van der Waals surface area contributed by atoms with Crippen LogP contribution < -0.4 is 15.4 Å². The third-order valence-corrected chi connectivity index (χ3v) is 4.71. The average Bonchev–Trinajstić information content (AvgIpc) is 2.61. The standard InChI is InChI=1S/C18H28ClF2N5O.HI/c1-4-22-18(24-11-15-12-25(2)7-8-26(15)3)23-10-13-9-14(19)5-6-16(13)27-17(20)21;/h5-6,9,15,17H,4,7-8,10-12H2,1-3H3,(H2,22,23,24);1H. The Morgan fingerprint density at radius 2 is 2.07 bits per heavy atom. The summed E-state index contributed by atoms with van der Waals surface area (Å²) in [6, 6.07) is 4.92. The van der Waals surface area contributed by atoms with Crippen molar-refractivity contribution in [2.45, 2.75) is 26.1 Å². The van der Waals surface area contributed by atoms with Crippen molar-refractivity contribution in [3.05, 3.63) is 28.8 Å². The number of nitrogens with one attached hydrogen (secondary N) is 2. The molecule has 1 heterocycles. The second-order valence-electron chi connectivity index (χ2n) is 6.60. The summed E-state index contributed by atoms with van der Waals surface area (Å²) < 4.78 is 29.7. The normalized spacial score (nSPS) is 18.7. The fourth-order valence-corrected chi connectivity index (χ4v) is 3.12. The van der Waals surface area contributed by atoms with E-state index >= 15 is 0 Å². The van der Waals surface area contributed by atoms with Crippen molar-refractivity contribution < 1.29 is 13.5 Å². The highest BCUT2D eigenvalue weighted by Crippen LogP contribution is 2.25. The molecule has 1 fully saturated rings. The predicted molar refractivity (Wildman–Crippen MR) is 120 cm³/mol. The summed E-state index contributed by atoms with van der Waals surface area (Å²) >= 11 is 5.99. The SMILES string of the molecule is CCNC(=NCc1cc(Cl)ccc1OC(F)F)NCC1CN(C)CCN1C.I. The lowest BCUT2D eigenvalue weighted by Crippen LogP contribution is -2.55. The number of alkyl halides is 2. The van der Waals surface area contributed by atoms with Gasteiger partial charge in [0, 0.05) is 49.4 Å². The molecule has 1 unspecified atom stereocenters. The molecular formula is C18H29ClF2IN5O. The Hall–Kier alpha value is -0.910. The van der Waals surface area contributed by atoms with Gasteiger partial charge in [-0.1, -0.05) is 11.6 Å². The minimum atomic E-state index is -2.89. The van der Waals surface area contributed by atoms with Gasteiger partial charge in [-0.05, 0) is 39.2 Å². The van der Waals surface area contributed by atoms with Crippen molar-refractivity contribution >= 4 is 41.5 Å². The number of guanidine groups is 1. The van der Waals surface area contributed by atoms with Crippen molar-refractivity contribution in [3.63, 3.8) is 0 Å². The van der Waals surface area contributed by atoms with Gasteiger partial charge in [0.2, 0.25) is 0 Å². The molecule has 0 aromatic heterocycles. The van der Waals surface area contributed by atoms with Gasteiger partial charge in [-0.3, -0.25) is 4.90 Å². The lowest BCUT2D eigenvalue weighted by atomic mass is 10.2. The number of piperazine rings is 1. The number of rotatable bonds is 7. The van der Waals surface area contributed by atoms with Crippen LogP contribution in [-0.4, -0.2) is 75.2 Å². The van der Waals surface area contributed by atoms with Gasteiger partial charge in [0.05, 0.1) is 6.54 Å². The largest absolute Gasteiger partial charge is 0.434 e. The highest BCUT2D eigenvalue weighted by atomic mass is 127. The average molecular weight is 532 g/mol. The van der Waals surface area contributed by atoms with Crippen LogP contribution in [0.2, 0.25) is 5.02 Å². The van der Waals surface area contributed by atoms with Crippen molar-refractivity contribution in [3.8, 4) is 5.75 Å². The van der Waals surface area contributed by atoms with Crippen molar-refractivity contribution in [1.29, 1.82) is 0 Å². The van der Waals surface area contributed by atoms with Gasteiger partial charge in [-0.25, -0.2) is 4.99 Å². The van der Waals surface area contributed by atoms with Crippen LogP contribution >= 0.6 is 35.6 Å². The second kappa shape index (κ2) is 12.6.